The van der Waals surface area contributed by atoms with Gasteiger partial charge in [-0.1, -0.05) is 12.1 Å². The van der Waals surface area contributed by atoms with Gasteiger partial charge < -0.3 is 10.1 Å². The minimum Gasteiger partial charge on any atom is -0.507 e. The van der Waals surface area contributed by atoms with Crippen LogP contribution in [0.1, 0.15) is 5.56 Å². The Morgan fingerprint density at radius 2 is 2.10 bits per heavy atom. The van der Waals surface area contributed by atoms with Gasteiger partial charge in [-0.05, 0) is 51.8 Å². The fourth-order valence-electron chi connectivity index (χ4n) is 1.78. The third-order valence-electron chi connectivity index (χ3n) is 2.75. The number of H-pyrrole nitrogens is 1. The topological polar surface area (TPSA) is 73.3 Å². The average Bonchev–Trinajstić information content (AvgIpc) is 2.85. The molecule has 0 fully saturated rings. The maximum Gasteiger partial charge on any atom is 0.222 e. The predicted molar refractivity (Wildman–Crippen MR) is 83.1 cm³/mol. The summed E-state index contributed by atoms with van der Waals surface area (Å²) in [5.41, 5.74) is 5.54. The molecule has 3 N–H and O–H groups in total. The highest BCUT2D eigenvalue weighted by Crippen LogP contribution is 2.23. The number of imidazole rings is 1. The molecule has 0 aliphatic carbocycles. The molecule has 3 rings (SSSR count). The zero-order valence-corrected chi connectivity index (χ0v) is 11.9. The number of nitrogens with one attached hydrogen (secondary N) is 2. The standard InChI is InChI=1S/C14H11BrN4O/c15-10-7-9(5-6-13(10)20)8-16-19-14-17-11-3-1-2-4-12(11)18-14/h1-8,20H,(H2,17,18,19)/b16-8+. The lowest BCUT2D eigenvalue weighted by Crippen LogP contribution is -1.92. The van der Waals surface area contributed by atoms with Crippen LogP contribution in [0, 0.1) is 0 Å². The molecule has 0 bridgehead atoms. The van der Waals surface area contributed by atoms with E-state index in [9.17, 15) is 5.11 Å². The van der Waals surface area contributed by atoms with Crippen LogP contribution in [-0.2, 0) is 0 Å². The first-order valence-electron chi connectivity index (χ1n) is 5.95. The fraction of sp³-hybridized carbons (Fsp3) is 0. The minimum absolute atomic E-state index is 0.201. The van der Waals surface area contributed by atoms with Crippen LogP contribution < -0.4 is 5.43 Å². The molecule has 0 spiro atoms. The van der Waals surface area contributed by atoms with Crippen molar-refractivity contribution in [1.29, 1.82) is 0 Å². The summed E-state index contributed by atoms with van der Waals surface area (Å²) in [5.74, 6) is 0.785. The normalized spacial score (nSPS) is 11.2. The molecule has 3 aromatic rings. The highest BCUT2D eigenvalue weighted by molar-refractivity contribution is 9.10. The smallest absolute Gasteiger partial charge is 0.222 e. The van der Waals surface area contributed by atoms with E-state index in [1.807, 2.05) is 24.3 Å². The Hall–Kier alpha value is -2.34. The average molecular weight is 331 g/mol. The molecule has 1 aromatic heterocycles. The first kappa shape index (κ1) is 12.7. The molecule has 1 heterocycles. The number of benzene rings is 2. The maximum atomic E-state index is 9.41. The number of para-hydroxylation sites is 2. The molecule has 0 aliphatic heterocycles. The summed E-state index contributed by atoms with van der Waals surface area (Å²) in [6.07, 6.45) is 1.65. The van der Waals surface area contributed by atoms with Crippen molar-refractivity contribution in [2.75, 3.05) is 5.43 Å². The number of aromatic amines is 1. The third-order valence-corrected chi connectivity index (χ3v) is 3.38. The van der Waals surface area contributed by atoms with Crippen molar-refractivity contribution in [2.45, 2.75) is 0 Å². The summed E-state index contributed by atoms with van der Waals surface area (Å²) < 4.78 is 0.630. The van der Waals surface area contributed by atoms with Gasteiger partial charge in [0.2, 0.25) is 5.95 Å². The van der Waals surface area contributed by atoms with E-state index in [0.29, 0.717) is 10.4 Å². The van der Waals surface area contributed by atoms with Crippen LogP contribution in [0.3, 0.4) is 0 Å². The highest BCUT2D eigenvalue weighted by Gasteiger charge is 2.00. The number of aromatic nitrogens is 2. The van der Waals surface area contributed by atoms with Gasteiger partial charge in [0.05, 0.1) is 21.7 Å². The zero-order chi connectivity index (χ0) is 13.9. The van der Waals surface area contributed by atoms with Crippen LogP contribution in [0.2, 0.25) is 0 Å². The van der Waals surface area contributed by atoms with Crippen LogP contribution in [-0.4, -0.2) is 21.3 Å². The Labute approximate surface area is 123 Å². The van der Waals surface area contributed by atoms with E-state index in [0.717, 1.165) is 16.6 Å². The monoisotopic (exact) mass is 330 g/mol. The lowest BCUT2D eigenvalue weighted by atomic mass is 10.2. The van der Waals surface area contributed by atoms with Crippen LogP contribution >= 0.6 is 15.9 Å². The largest absolute Gasteiger partial charge is 0.507 e. The number of aromatic hydroxyl groups is 1. The van der Waals surface area contributed by atoms with Crippen molar-refractivity contribution in [3.63, 3.8) is 0 Å². The van der Waals surface area contributed by atoms with Gasteiger partial charge in [0.15, 0.2) is 0 Å². The maximum absolute atomic E-state index is 9.41. The van der Waals surface area contributed by atoms with Gasteiger partial charge in [-0.3, -0.25) is 0 Å². The second-order valence-electron chi connectivity index (χ2n) is 4.18. The minimum atomic E-state index is 0.201. The summed E-state index contributed by atoms with van der Waals surface area (Å²) in [6, 6.07) is 12.9. The summed E-state index contributed by atoms with van der Waals surface area (Å²) in [6.45, 7) is 0. The summed E-state index contributed by atoms with van der Waals surface area (Å²) >= 11 is 3.26. The number of hydrogen-bond acceptors (Lipinski definition) is 4. The zero-order valence-electron chi connectivity index (χ0n) is 10.3. The first-order valence-corrected chi connectivity index (χ1v) is 6.74. The summed E-state index contributed by atoms with van der Waals surface area (Å²) in [4.78, 5) is 7.46. The molecule has 20 heavy (non-hydrogen) atoms. The molecule has 0 saturated heterocycles. The number of nitrogens with zero attached hydrogens (tertiary/aromatic N) is 2. The molecule has 5 nitrogen and oxygen atoms in total. The molecule has 0 amide bonds. The first-order chi connectivity index (χ1) is 9.72. The molecule has 0 unspecified atom stereocenters. The van der Waals surface area contributed by atoms with Crippen LogP contribution in [0.4, 0.5) is 5.95 Å². The predicted octanol–water partition coefficient (Wildman–Crippen LogP) is 3.48. The van der Waals surface area contributed by atoms with E-state index in [1.54, 1.807) is 24.4 Å². The van der Waals surface area contributed by atoms with E-state index in [1.165, 1.54) is 0 Å². The van der Waals surface area contributed by atoms with Crippen molar-refractivity contribution < 1.29 is 5.11 Å². The van der Waals surface area contributed by atoms with Crippen molar-refractivity contribution in [3.05, 3.63) is 52.5 Å². The number of phenols is 1. The number of rotatable bonds is 3. The fourth-order valence-corrected chi connectivity index (χ4v) is 2.17. The van der Waals surface area contributed by atoms with Crippen LogP contribution in [0.15, 0.2) is 52.0 Å². The number of halogens is 1. The van der Waals surface area contributed by atoms with Crippen molar-refractivity contribution >= 4 is 39.1 Å². The third kappa shape index (κ3) is 2.65. The number of fused-ring (bicyclic) bond motifs is 1. The molecular weight excluding hydrogens is 320 g/mol. The van der Waals surface area contributed by atoms with Gasteiger partial charge >= 0.3 is 0 Å². The van der Waals surface area contributed by atoms with Crippen molar-refractivity contribution in [3.8, 4) is 5.75 Å². The molecule has 0 atom stereocenters. The summed E-state index contributed by atoms with van der Waals surface area (Å²) in [7, 11) is 0. The molecule has 0 saturated carbocycles. The van der Waals surface area contributed by atoms with E-state index in [-0.39, 0.29) is 5.75 Å². The second-order valence-corrected chi connectivity index (χ2v) is 5.04. The molecule has 2 aromatic carbocycles. The van der Waals surface area contributed by atoms with Gasteiger partial charge in [-0.2, -0.15) is 5.10 Å². The molecule has 100 valence electrons. The Bertz CT molecular complexity index is 749. The Morgan fingerprint density at radius 1 is 1.25 bits per heavy atom. The van der Waals surface area contributed by atoms with Crippen molar-refractivity contribution in [1.82, 2.24) is 9.97 Å². The number of hydrazone groups is 1. The SMILES string of the molecule is Oc1ccc(/C=N/Nc2nc3ccccc3[nH]2)cc1Br. The molecular formula is C14H11BrN4O. The number of phenolic OH excluding ortho intramolecular Hbond substituents is 1. The van der Waals surface area contributed by atoms with E-state index < -0.39 is 0 Å². The molecule has 0 aliphatic rings. The number of hydrogen-bond donors (Lipinski definition) is 3. The van der Waals surface area contributed by atoms with E-state index >= 15 is 0 Å². The Morgan fingerprint density at radius 3 is 2.90 bits per heavy atom. The summed E-state index contributed by atoms with van der Waals surface area (Å²) in [5, 5.41) is 13.5. The van der Waals surface area contributed by atoms with Gasteiger partial charge in [0, 0.05) is 0 Å². The van der Waals surface area contributed by atoms with E-state index in [4.69, 9.17) is 0 Å². The van der Waals surface area contributed by atoms with Gasteiger partial charge in [-0.25, -0.2) is 10.4 Å². The van der Waals surface area contributed by atoms with Gasteiger partial charge in [0.25, 0.3) is 0 Å². The van der Waals surface area contributed by atoms with E-state index in [2.05, 4.69) is 36.4 Å². The Kier molecular flexibility index (Phi) is 3.39. The van der Waals surface area contributed by atoms with Gasteiger partial charge in [0.1, 0.15) is 5.75 Å². The van der Waals surface area contributed by atoms with Crippen LogP contribution in [0.5, 0.6) is 5.75 Å². The molecule has 0 radical (unpaired) electrons. The number of anilines is 1. The lowest BCUT2D eigenvalue weighted by Gasteiger charge is -1.98. The van der Waals surface area contributed by atoms with Crippen LogP contribution in [0.25, 0.3) is 11.0 Å². The Balaban J connectivity index is 1.75. The lowest BCUT2D eigenvalue weighted by molar-refractivity contribution is 0.472. The quantitative estimate of drug-likeness (QED) is 0.508. The van der Waals surface area contributed by atoms with Gasteiger partial charge in [-0.15, -0.1) is 0 Å². The second kappa shape index (κ2) is 5.34. The van der Waals surface area contributed by atoms with Crippen molar-refractivity contribution in [2.24, 2.45) is 5.10 Å². The highest BCUT2D eigenvalue weighted by atomic mass is 79.9. The molecule has 6 heteroatoms.